The average molecular weight is 654 g/mol. The van der Waals surface area contributed by atoms with Crippen molar-refractivity contribution in [1.82, 2.24) is 19.9 Å². The summed E-state index contributed by atoms with van der Waals surface area (Å²) in [7, 11) is 0. The molecule has 4 aromatic rings. The number of urea groups is 1. The molecule has 3 amide bonds. The lowest BCUT2D eigenvalue weighted by Crippen LogP contribution is -2.58. The van der Waals surface area contributed by atoms with Gasteiger partial charge in [0.2, 0.25) is 5.91 Å². The van der Waals surface area contributed by atoms with Gasteiger partial charge in [-0.1, -0.05) is 24.3 Å². The quantitative estimate of drug-likeness (QED) is 0.271. The number of piperazine rings is 1. The van der Waals surface area contributed by atoms with E-state index in [9.17, 15) is 18.8 Å². The highest BCUT2D eigenvalue weighted by Gasteiger charge is 2.34. The summed E-state index contributed by atoms with van der Waals surface area (Å²) < 4.78 is 21.6. The van der Waals surface area contributed by atoms with Crippen LogP contribution in [0.25, 0.3) is 10.9 Å². The molecule has 3 heterocycles. The van der Waals surface area contributed by atoms with Crippen LogP contribution in [-0.4, -0.2) is 71.9 Å². The van der Waals surface area contributed by atoms with Gasteiger partial charge in [-0.15, -0.1) is 0 Å². The van der Waals surface area contributed by atoms with Gasteiger partial charge in [0.05, 0.1) is 48.4 Å². The summed E-state index contributed by atoms with van der Waals surface area (Å²) in [5.41, 5.74) is 1.19. The number of nitrogens with one attached hydrogen (secondary N) is 2. The molecule has 2 aliphatic heterocycles. The van der Waals surface area contributed by atoms with Gasteiger partial charge in [0.15, 0.2) is 5.82 Å². The van der Waals surface area contributed by atoms with E-state index in [4.69, 9.17) is 9.72 Å². The average Bonchev–Trinajstić information content (AvgIpc) is 3.78. The first-order valence-electron chi connectivity index (χ1n) is 16.7. The zero-order valence-electron chi connectivity index (χ0n) is 27.0. The molecule has 1 aromatic heterocycles. The van der Waals surface area contributed by atoms with Crippen LogP contribution < -0.4 is 30.8 Å². The number of hydrogen-bond acceptors (Lipinski definition) is 7. The molecule has 12 heteroatoms. The number of ether oxygens (including phenoxy) is 1. The van der Waals surface area contributed by atoms with Crippen LogP contribution in [0, 0.1) is 11.7 Å². The maximum absolute atomic E-state index is 14.3. The minimum atomic E-state index is -0.768. The fraction of sp³-hybridized carbons (Fsp3) is 0.389. The first-order chi connectivity index (χ1) is 23.4. The van der Waals surface area contributed by atoms with Crippen molar-refractivity contribution in [1.29, 1.82) is 0 Å². The lowest BCUT2D eigenvalue weighted by Gasteiger charge is -2.39. The van der Waals surface area contributed by atoms with E-state index in [0.29, 0.717) is 72.6 Å². The van der Waals surface area contributed by atoms with Crippen molar-refractivity contribution in [2.24, 2.45) is 5.92 Å². The van der Waals surface area contributed by atoms with E-state index in [0.717, 1.165) is 32.2 Å². The number of rotatable bonds is 9. The van der Waals surface area contributed by atoms with Crippen molar-refractivity contribution in [2.45, 2.75) is 44.7 Å². The van der Waals surface area contributed by atoms with Gasteiger partial charge in [-0.05, 0) is 93.6 Å². The number of halogens is 1. The van der Waals surface area contributed by atoms with Crippen LogP contribution in [0.5, 0.6) is 5.75 Å². The first-order valence-corrected chi connectivity index (χ1v) is 16.7. The second-order valence-electron chi connectivity index (χ2n) is 12.7. The number of carbonyl (C=O) groups excluding carboxylic acids is 2. The Hall–Kier alpha value is -4.97. The molecule has 0 radical (unpaired) electrons. The third-order valence-electron chi connectivity index (χ3n) is 9.36. The van der Waals surface area contributed by atoms with Crippen LogP contribution in [0.3, 0.4) is 0 Å². The molecule has 1 saturated carbocycles. The molecular formula is C36H40FN7O4. The minimum absolute atomic E-state index is 0.0937. The van der Waals surface area contributed by atoms with Crippen molar-refractivity contribution in [3.63, 3.8) is 0 Å². The smallest absolute Gasteiger partial charge is 0.327 e. The number of carbonyl (C=O) groups is 2. The largest absolute Gasteiger partial charge is 0.491 e. The highest BCUT2D eigenvalue weighted by molar-refractivity contribution is 6.03. The predicted molar refractivity (Wildman–Crippen MR) is 183 cm³/mol. The number of nitrogens with zero attached hydrogens (tertiary/aromatic N) is 5. The van der Waals surface area contributed by atoms with Gasteiger partial charge in [0.25, 0.3) is 5.56 Å². The van der Waals surface area contributed by atoms with Gasteiger partial charge in [0, 0.05) is 18.8 Å². The molecule has 0 spiro atoms. The third-order valence-corrected chi connectivity index (χ3v) is 9.36. The van der Waals surface area contributed by atoms with Gasteiger partial charge < -0.3 is 25.3 Å². The molecule has 48 heavy (non-hydrogen) atoms. The molecule has 3 aliphatic rings. The maximum atomic E-state index is 14.3. The molecule has 3 fully saturated rings. The molecular weight excluding hydrogens is 613 g/mol. The maximum Gasteiger partial charge on any atom is 0.327 e. The van der Waals surface area contributed by atoms with E-state index in [2.05, 4.69) is 10.6 Å². The van der Waals surface area contributed by atoms with E-state index in [-0.39, 0.29) is 17.5 Å². The Morgan fingerprint density at radius 2 is 1.73 bits per heavy atom. The highest BCUT2D eigenvalue weighted by atomic mass is 19.1. The summed E-state index contributed by atoms with van der Waals surface area (Å²) in [6, 6.07) is 18.7. The zero-order chi connectivity index (χ0) is 33.2. The van der Waals surface area contributed by atoms with Crippen LogP contribution in [0.1, 0.15) is 44.5 Å². The van der Waals surface area contributed by atoms with Crippen LogP contribution in [0.15, 0.2) is 77.6 Å². The second-order valence-corrected chi connectivity index (χ2v) is 12.7. The van der Waals surface area contributed by atoms with Gasteiger partial charge in [-0.2, -0.15) is 0 Å². The van der Waals surface area contributed by atoms with E-state index in [1.807, 2.05) is 47.2 Å². The summed E-state index contributed by atoms with van der Waals surface area (Å²) in [6.45, 7) is 4.96. The van der Waals surface area contributed by atoms with Gasteiger partial charge >= 0.3 is 6.03 Å². The molecule has 7 rings (SSSR count). The predicted octanol–water partition coefficient (Wildman–Crippen LogP) is 4.66. The van der Waals surface area contributed by atoms with Crippen molar-refractivity contribution >= 4 is 34.2 Å². The van der Waals surface area contributed by atoms with E-state index < -0.39 is 17.9 Å². The fourth-order valence-corrected chi connectivity index (χ4v) is 6.51. The van der Waals surface area contributed by atoms with Crippen LogP contribution in [0.2, 0.25) is 0 Å². The standard InChI is InChI=1S/C36H40FN7O4/c1-24(43(36(47)39-27-16-14-26(37)15-17-27)31-10-4-5-11-32(31)48-23-25-12-13-25)33-40-29-8-3-2-7-28(29)34(45)44(33)42-21-19-41(20-22-42)35(46)30-9-6-18-38-30/h2-5,7-8,10-11,14-17,24-25,30,38H,6,9,12-13,18-23H2,1H3,(H,39,47)/t24?,30-/m0/s1. The fourth-order valence-electron chi connectivity index (χ4n) is 6.51. The van der Waals surface area contributed by atoms with Gasteiger partial charge in [-0.3, -0.25) is 14.5 Å². The zero-order valence-corrected chi connectivity index (χ0v) is 27.0. The number of para-hydroxylation sites is 3. The van der Waals surface area contributed by atoms with E-state index in [1.54, 1.807) is 27.8 Å². The Bertz CT molecular complexity index is 1850. The molecule has 0 bridgehead atoms. The monoisotopic (exact) mass is 653 g/mol. The molecule has 11 nitrogen and oxygen atoms in total. The Morgan fingerprint density at radius 3 is 2.46 bits per heavy atom. The van der Waals surface area contributed by atoms with E-state index >= 15 is 0 Å². The Labute approximate surface area is 278 Å². The first kappa shape index (κ1) is 31.6. The Kier molecular flexibility index (Phi) is 8.98. The molecule has 2 saturated heterocycles. The summed E-state index contributed by atoms with van der Waals surface area (Å²) in [5.74, 6) is 1.06. The third kappa shape index (κ3) is 6.57. The molecule has 250 valence electrons. The van der Waals surface area contributed by atoms with Crippen molar-refractivity contribution < 1.29 is 18.7 Å². The summed E-state index contributed by atoms with van der Waals surface area (Å²) >= 11 is 0. The van der Waals surface area contributed by atoms with Crippen molar-refractivity contribution in [3.05, 3.63) is 94.8 Å². The van der Waals surface area contributed by atoms with Crippen molar-refractivity contribution in [2.75, 3.05) is 54.6 Å². The number of fused-ring (bicyclic) bond motifs is 1. The van der Waals surface area contributed by atoms with E-state index in [1.165, 1.54) is 24.3 Å². The number of benzene rings is 3. The number of amides is 3. The lowest BCUT2D eigenvalue weighted by atomic mass is 10.1. The second kappa shape index (κ2) is 13.6. The van der Waals surface area contributed by atoms with Gasteiger partial charge in [0.1, 0.15) is 11.6 Å². The summed E-state index contributed by atoms with van der Waals surface area (Å²) in [5, 5.41) is 8.57. The molecule has 1 aliphatic carbocycles. The number of aromatic nitrogens is 2. The molecule has 1 unspecified atom stereocenters. The Morgan fingerprint density at radius 1 is 1.00 bits per heavy atom. The van der Waals surface area contributed by atoms with Crippen LogP contribution in [-0.2, 0) is 4.79 Å². The molecule has 2 N–H and O–H groups in total. The highest BCUT2D eigenvalue weighted by Crippen LogP contribution is 2.37. The van der Waals surface area contributed by atoms with Crippen LogP contribution in [0.4, 0.5) is 20.6 Å². The van der Waals surface area contributed by atoms with Gasteiger partial charge in [-0.25, -0.2) is 18.8 Å². The number of anilines is 2. The SMILES string of the molecule is CC(c1nc2ccccc2c(=O)n1N1CCN(C(=O)[C@@H]2CCCN2)CC1)N(C(=O)Nc1ccc(F)cc1)c1ccccc1OCC1CC1. The normalized spacial score (nSPS) is 18.5. The molecule has 3 aromatic carbocycles. The lowest BCUT2D eigenvalue weighted by molar-refractivity contribution is -0.133. The Balaban J connectivity index is 1.27. The minimum Gasteiger partial charge on any atom is -0.491 e. The van der Waals surface area contributed by atoms with Crippen LogP contribution >= 0.6 is 0 Å². The van der Waals surface area contributed by atoms with Crippen molar-refractivity contribution in [3.8, 4) is 5.75 Å². The molecule has 2 atom stereocenters. The number of hydrogen-bond donors (Lipinski definition) is 2. The summed E-state index contributed by atoms with van der Waals surface area (Å²) in [4.78, 5) is 50.1. The topological polar surface area (TPSA) is 112 Å². The summed E-state index contributed by atoms with van der Waals surface area (Å²) in [6.07, 6.45) is 4.03.